The van der Waals surface area contributed by atoms with E-state index in [0.717, 1.165) is 19.3 Å². The molecule has 3 aliphatic heterocycles. The average Bonchev–Trinajstić information content (AvgIpc) is 3.36. The van der Waals surface area contributed by atoms with Gasteiger partial charge in [0.05, 0.1) is 24.2 Å². The minimum Gasteiger partial charge on any atom is -0.461 e. The molecule has 0 aromatic carbocycles. The molecular formula is C29H46N2O6. The smallest absolute Gasteiger partial charge is 0.313 e. The number of hydrogen-bond acceptors (Lipinski definition) is 6. The van der Waals surface area contributed by atoms with Gasteiger partial charge >= 0.3 is 5.97 Å². The molecule has 3 unspecified atom stereocenters. The zero-order valence-corrected chi connectivity index (χ0v) is 23.3. The molecule has 3 heterocycles. The van der Waals surface area contributed by atoms with E-state index < -0.39 is 41.1 Å². The number of nitrogens with zero attached hydrogens (tertiary/aromatic N) is 2. The van der Waals surface area contributed by atoms with Crippen molar-refractivity contribution in [1.82, 2.24) is 9.80 Å². The van der Waals surface area contributed by atoms with Crippen LogP contribution in [0.25, 0.3) is 0 Å². The van der Waals surface area contributed by atoms with E-state index >= 15 is 0 Å². The quantitative estimate of drug-likeness (QED) is 0.215. The Bertz CT molecular complexity index is 890. The molecule has 3 rings (SSSR count). The lowest BCUT2D eigenvalue weighted by Crippen LogP contribution is -2.59. The topological polar surface area (TPSA) is 96.4 Å². The highest BCUT2D eigenvalue weighted by atomic mass is 16.6. The number of aliphatic hydroxyl groups excluding tert-OH is 1. The van der Waals surface area contributed by atoms with Crippen molar-refractivity contribution in [2.45, 2.75) is 90.0 Å². The number of amides is 2. The fraction of sp³-hybridized carbons (Fsp3) is 0.759. The second-order valence-electron chi connectivity index (χ2n) is 11.6. The molecule has 2 amide bonds. The highest BCUT2D eigenvalue weighted by Crippen LogP contribution is 2.65. The number of likely N-dealkylation sites (tertiary alicyclic amines) is 1. The first kappa shape index (κ1) is 29.4. The van der Waals surface area contributed by atoms with Crippen LogP contribution in [0.4, 0.5) is 0 Å². The summed E-state index contributed by atoms with van der Waals surface area (Å²) in [5.41, 5.74) is -2.09. The third-order valence-corrected chi connectivity index (χ3v) is 8.62. The summed E-state index contributed by atoms with van der Waals surface area (Å²) in [6, 6.07) is -1.48. The molecule has 0 aromatic rings. The highest BCUT2D eigenvalue weighted by Gasteiger charge is 2.80. The molecule has 1 N–H and O–H groups in total. The fourth-order valence-corrected chi connectivity index (χ4v) is 6.93. The number of carbonyl (C=O) groups is 3. The van der Waals surface area contributed by atoms with Gasteiger partial charge in [0.1, 0.15) is 24.2 Å². The number of hydrogen-bond donors (Lipinski definition) is 1. The van der Waals surface area contributed by atoms with Crippen LogP contribution in [-0.2, 0) is 23.9 Å². The Morgan fingerprint density at radius 2 is 2.00 bits per heavy atom. The summed E-state index contributed by atoms with van der Waals surface area (Å²) in [6.07, 6.45) is 7.05. The van der Waals surface area contributed by atoms with E-state index in [1.165, 1.54) is 6.08 Å². The van der Waals surface area contributed by atoms with Crippen LogP contribution in [0.15, 0.2) is 25.3 Å². The van der Waals surface area contributed by atoms with Gasteiger partial charge in [0.2, 0.25) is 11.8 Å². The van der Waals surface area contributed by atoms with Gasteiger partial charge < -0.3 is 24.4 Å². The SMILES string of the molecule is C=CCOC(=O)[C@@H]1[C@H]2C(=O)N([C@@H](CO)CC(C)C)C(C(=O)N(CC=C)CCCCC)C23CC(C)[C@@]1(C)O3. The molecule has 208 valence electrons. The second kappa shape index (κ2) is 11.7. The summed E-state index contributed by atoms with van der Waals surface area (Å²) in [5, 5.41) is 10.4. The Hall–Kier alpha value is -2.19. The molecular weight excluding hydrogens is 472 g/mol. The summed E-state index contributed by atoms with van der Waals surface area (Å²) >= 11 is 0. The average molecular weight is 519 g/mol. The Balaban J connectivity index is 2.12. The molecule has 7 atom stereocenters. The maximum atomic E-state index is 14.4. The molecule has 0 aromatic heterocycles. The van der Waals surface area contributed by atoms with E-state index in [-0.39, 0.29) is 36.9 Å². The number of rotatable bonds is 14. The van der Waals surface area contributed by atoms with Gasteiger partial charge in [-0.3, -0.25) is 14.4 Å². The van der Waals surface area contributed by atoms with E-state index in [0.29, 0.717) is 25.9 Å². The molecule has 1 spiro atoms. The largest absolute Gasteiger partial charge is 0.461 e. The first-order valence-corrected chi connectivity index (χ1v) is 13.8. The highest BCUT2D eigenvalue weighted by molar-refractivity contribution is 5.98. The van der Waals surface area contributed by atoms with Crippen molar-refractivity contribution in [3.05, 3.63) is 25.3 Å². The van der Waals surface area contributed by atoms with E-state index in [1.807, 2.05) is 27.7 Å². The third kappa shape index (κ3) is 4.99. The van der Waals surface area contributed by atoms with Crippen LogP contribution in [0.2, 0.25) is 0 Å². The Labute approximate surface area is 222 Å². The molecule has 0 radical (unpaired) electrons. The second-order valence-corrected chi connectivity index (χ2v) is 11.6. The van der Waals surface area contributed by atoms with Gasteiger partial charge in [-0.2, -0.15) is 0 Å². The molecule has 3 fully saturated rings. The lowest BCUT2D eigenvalue weighted by molar-refractivity contribution is -0.163. The van der Waals surface area contributed by atoms with Gasteiger partial charge in [-0.1, -0.05) is 59.3 Å². The molecule has 3 saturated heterocycles. The lowest BCUT2D eigenvalue weighted by Gasteiger charge is -2.40. The van der Waals surface area contributed by atoms with Crippen molar-refractivity contribution >= 4 is 17.8 Å². The first-order chi connectivity index (χ1) is 17.5. The molecule has 3 aliphatic rings. The molecule has 2 bridgehead atoms. The van der Waals surface area contributed by atoms with Crippen molar-refractivity contribution in [2.24, 2.45) is 23.7 Å². The van der Waals surface area contributed by atoms with Crippen LogP contribution >= 0.6 is 0 Å². The van der Waals surface area contributed by atoms with Crippen LogP contribution in [0.3, 0.4) is 0 Å². The number of unbranched alkanes of at least 4 members (excludes halogenated alkanes) is 2. The Morgan fingerprint density at radius 1 is 1.30 bits per heavy atom. The minimum absolute atomic E-state index is 0.0386. The van der Waals surface area contributed by atoms with Crippen molar-refractivity contribution in [3.8, 4) is 0 Å². The first-order valence-electron chi connectivity index (χ1n) is 13.8. The summed E-state index contributed by atoms with van der Waals surface area (Å²) in [7, 11) is 0. The van der Waals surface area contributed by atoms with Crippen LogP contribution in [0.1, 0.15) is 66.7 Å². The van der Waals surface area contributed by atoms with Gasteiger partial charge in [-0.25, -0.2) is 0 Å². The molecule has 0 aliphatic carbocycles. The van der Waals surface area contributed by atoms with E-state index in [1.54, 1.807) is 15.9 Å². The predicted molar refractivity (Wildman–Crippen MR) is 141 cm³/mol. The number of carbonyl (C=O) groups excluding carboxylic acids is 3. The lowest BCUT2D eigenvalue weighted by atomic mass is 9.62. The number of fused-ring (bicyclic) bond motifs is 1. The zero-order chi connectivity index (χ0) is 27.5. The minimum atomic E-state index is -1.16. The Morgan fingerprint density at radius 3 is 2.57 bits per heavy atom. The van der Waals surface area contributed by atoms with Crippen molar-refractivity contribution in [2.75, 3.05) is 26.3 Å². The summed E-state index contributed by atoms with van der Waals surface area (Å²) in [5.74, 6) is -2.57. The standard InChI is InChI=1S/C29H46N2O6/c1-8-11-12-14-30(13-9-2)26(34)24-29-17-20(6)28(7,37-29)23(27(35)36-15-10-3)22(29)25(33)31(24)21(18-32)16-19(4)5/h9-10,19-24,32H,2-3,8,11-18H2,1,4-7H3/t20?,21-,22+,23+,24?,28-,29?/m1/s1. The third-order valence-electron chi connectivity index (χ3n) is 8.62. The number of esters is 1. The monoisotopic (exact) mass is 518 g/mol. The van der Waals surface area contributed by atoms with Gasteiger partial charge in [0, 0.05) is 13.1 Å². The van der Waals surface area contributed by atoms with Crippen molar-refractivity contribution in [1.29, 1.82) is 0 Å². The summed E-state index contributed by atoms with van der Waals surface area (Å²) < 4.78 is 12.2. The molecule has 8 heteroatoms. The van der Waals surface area contributed by atoms with Gasteiger partial charge in [0.15, 0.2) is 0 Å². The maximum absolute atomic E-state index is 14.4. The Kier molecular flexibility index (Phi) is 9.27. The summed E-state index contributed by atoms with van der Waals surface area (Å²) in [6.45, 7) is 18.2. The van der Waals surface area contributed by atoms with Crippen LogP contribution in [0, 0.1) is 23.7 Å². The van der Waals surface area contributed by atoms with Crippen LogP contribution in [0.5, 0.6) is 0 Å². The summed E-state index contributed by atoms with van der Waals surface area (Å²) in [4.78, 5) is 45.3. The van der Waals surface area contributed by atoms with Gasteiger partial charge in [-0.05, 0) is 38.0 Å². The predicted octanol–water partition coefficient (Wildman–Crippen LogP) is 3.34. The van der Waals surface area contributed by atoms with Crippen LogP contribution in [-0.4, -0.2) is 82.3 Å². The number of aliphatic hydroxyl groups is 1. The molecule has 0 saturated carbocycles. The van der Waals surface area contributed by atoms with Gasteiger partial charge in [-0.15, -0.1) is 6.58 Å². The molecule has 8 nitrogen and oxygen atoms in total. The van der Waals surface area contributed by atoms with Crippen LogP contribution < -0.4 is 0 Å². The van der Waals surface area contributed by atoms with Gasteiger partial charge in [0.25, 0.3) is 0 Å². The van der Waals surface area contributed by atoms with Crippen molar-refractivity contribution < 1.29 is 29.0 Å². The molecule has 37 heavy (non-hydrogen) atoms. The maximum Gasteiger partial charge on any atom is 0.313 e. The van der Waals surface area contributed by atoms with Crippen molar-refractivity contribution in [3.63, 3.8) is 0 Å². The zero-order valence-electron chi connectivity index (χ0n) is 23.3. The fourth-order valence-electron chi connectivity index (χ4n) is 6.93. The van der Waals surface area contributed by atoms with E-state index in [4.69, 9.17) is 9.47 Å². The normalized spacial score (nSPS) is 32.9. The van der Waals surface area contributed by atoms with E-state index in [9.17, 15) is 19.5 Å². The number of ether oxygens (including phenoxy) is 2. The van der Waals surface area contributed by atoms with E-state index in [2.05, 4.69) is 20.1 Å².